The average Bonchev–Trinajstić information content (AvgIpc) is 2.88. The zero-order valence-corrected chi connectivity index (χ0v) is 14.7. The first-order valence-corrected chi connectivity index (χ1v) is 9.04. The van der Waals surface area contributed by atoms with E-state index < -0.39 is 16.0 Å². The van der Waals surface area contributed by atoms with Gasteiger partial charge >= 0.3 is 5.97 Å². The van der Waals surface area contributed by atoms with Crippen molar-refractivity contribution < 1.29 is 23.4 Å². The lowest BCUT2D eigenvalue weighted by molar-refractivity contribution is 0.0693. The molecule has 0 bridgehead atoms. The number of nitrogens with two attached hydrogens (primary N) is 1. The fourth-order valence-electron chi connectivity index (χ4n) is 2.21. The Morgan fingerprint density at radius 2 is 2.00 bits per heavy atom. The summed E-state index contributed by atoms with van der Waals surface area (Å²) in [4.78, 5) is 18.1. The van der Waals surface area contributed by atoms with Crippen LogP contribution in [0.5, 0.6) is 5.75 Å². The number of primary sulfonamides is 1. The van der Waals surface area contributed by atoms with Crippen LogP contribution in [-0.2, 0) is 10.0 Å². The summed E-state index contributed by atoms with van der Waals surface area (Å²) in [7, 11) is -3.90. The molecule has 6 N–H and O–H groups in total. The van der Waals surface area contributed by atoms with E-state index in [1.165, 1.54) is 30.3 Å². The van der Waals surface area contributed by atoms with Gasteiger partial charge in [0, 0.05) is 10.2 Å². The van der Waals surface area contributed by atoms with Crippen LogP contribution in [0.25, 0.3) is 11.0 Å². The summed E-state index contributed by atoms with van der Waals surface area (Å²) in [6, 6.07) is 6.80. The number of aromatic amines is 1. The van der Waals surface area contributed by atoms with Gasteiger partial charge in [0.15, 0.2) is 0 Å². The van der Waals surface area contributed by atoms with Crippen LogP contribution in [-0.4, -0.2) is 34.6 Å². The molecule has 25 heavy (non-hydrogen) atoms. The van der Waals surface area contributed by atoms with E-state index in [-0.39, 0.29) is 26.6 Å². The monoisotopic (exact) mass is 426 g/mol. The van der Waals surface area contributed by atoms with Gasteiger partial charge in [0.25, 0.3) is 0 Å². The van der Waals surface area contributed by atoms with Crippen molar-refractivity contribution in [3.63, 3.8) is 0 Å². The van der Waals surface area contributed by atoms with Crippen LogP contribution in [0.1, 0.15) is 10.4 Å². The number of H-pyrrole nitrogens is 1. The van der Waals surface area contributed by atoms with E-state index in [9.17, 15) is 18.3 Å². The minimum atomic E-state index is -3.90. The standard InChI is InChI=1S/C14H11BrN4O5S/c15-8-4-9-10(5-12(8)25(16,23)24)19-14(18-9)17-6-1-2-11(20)7(3-6)13(21)22/h1-5,20H,(H,21,22)(H2,16,23,24)(H2,17,18,19). The number of imidazole rings is 1. The summed E-state index contributed by atoms with van der Waals surface area (Å²) in [5.74, 6) is -1.37. The van der Waals surface area contributed by atoms with Crippen molar-refractivity contribution in [1.82, 2.24) is 9.97 Å². The molecule has 11 heteroatoms. The highest BCUT2D eigenvalue weighted by atomic mass is 79.9. The van der Waals surface area contributed by atoms with Crippen molar-refractivity contribution in [2.75, 3.05) is 5.32 Å². The summed E-state index contributed by atoms with van der Waals surface area (Å²) in [6.45, 7) is 0. The molecule has 0 unspecified atom stereocenters. The molecule has 0 saturated heterocycles. The fraction of sp³-hybridized carbons (Fsp3) is 0. The number of nitrogens with zero attached hydrogens (tertiary/aromatic N) is 1. The molecule has 0 amide bonds. The van der Waals surface area contributed by atoms with Crippen molar-refractivity contribution >= 4 is 54.6 Å². The third-order valence-corrected chi connectivity index (χ3v) is 5.20. The Bertz CT molecular complexity index is 1110. The molecule has 0 aliphatic heterocycles. The summed E-state index contributed by atoms with van der Waals surface area (Å²) in [5, 5.41) is 26.5. The van der Waals surface area contributed by atoms with E-state index in [1.807, 2.05) is 0 Å². The number of aromatic carboxylic acids is 1. The molecule has 0 aliphatic rings. The number of carboxylic acids is 1. The van der Waals surface area contributed by atoms with Gasteiger partial charge in [-0.25, -0.2) is 23.3 Å². The molecule has 9 nitrogen and oxygen atoms in total. The summed E-state index contributed by atoms with van der Waals surface area (Å²) in [6.07, 6.45) is 0. The second kappa shape index (κ2) is 6.02. The fourth-order valence-corrected chi connectivity index (χ4v) is 3.83. The molecular formula is C14H11BrN4O5S. The van der Waals surface area contributed by atoms with Crippen LogP contribution in [0.4, 0.5) is 11.6 Å². The molecular weight excluding hydrogens is 416 g/mol. The average molecular weight is 427 g/mol. The quantitative estimate of drug-likeness (QED) is 0.399. The lowest BCUT2D eigenvalue weighted by Gasteiger charge is -2.05. The number of hydrogen-bond acceptors (Lipinski definition) is 6. The number of nitrogens with one attached hydrogen (secondary N) is 2. The van der Waals surface area contributed by atoms with Crippen molar-refractivity contribution in [3.8, 4) is 5.75 Å². The van der Waals surface area contributed by atoms with Gasteiger partial charge in [-0.2, -0.15) is 0 Å². The number of aromatic nitrogens is 2. The van der Waals surface area contributed by atoms with Gasteiger partial charge in [-0.1, -0.05) is 0 Å². The minimum Gasteiger partial charge on any atom is -0.507 e. The Kier molecular flexibility index (Phi) is 4.14. The van der Waals surface area contributed by atoms with Gasteiger partial charge in [-0.15, -0.1) is 0 Å². The number of sulfonamides is 1. The highest BCUT2D eigenvalue weighted by Gasteiger charge is 2.16. The second-order valence-electron chi connectivity index (χ2n) is 5.09. The first-order chi connectivity index (χ1) is 11.6. The van der Waals surface area contributed by atoms with E-state index in [0.717, 1.165) is 0 Å². The largest absolute Gasteiger partial charge is 0.507 e. The van der Waals surface area contributed by atoms with Gasteiger partial charge in [-0.3, -0.25) is 0 Å². The molecule has 0 spiro atoms. The Morgan fingerprint density at radius 1 is 1.28 bits per heavy atom. The van der Waals surface area contributed by atoms with Crippen LogP contribution < -0.4 is 10.5 Å². The number of rotatable bonds is 4. The van der Waals surface area contributed by atoms with E-state index in [0.29, 0.717) is 16.7 Å². The molecule has 0 aliphatic carbocycles. The Hall–Kier alpha value is -2.63. The van der Waals surface area contributed by atoms with Crippen LogP contribution in [0.3, 0.4) is 0 Å². The van der Waals surface area contributed by atoms with Crippen molar-refractivity contribution in [2.24, 2.45) is 5.14 Å². The molecule has 0 fully saturated rings. The molecule has 0 radical (unpaired) electrons. The zero-order chi connectivity index (χ0) is 18.4. The Balaban J connectivity index is 2.01. The molecule has 0 saturated carbocycles. The normalized spacial score (nSPS) is 11.6. The van der Waals surface area contributed by atoms with Crippen molar-refractivity contribution in [2.45, 2.75) is 4.90 Å². The third kappa shape index (κ3) is 3.43. The lowest BCUT2D eigenvalue weighted by Crippen LogP contribution is -2.12. The Morgan fingerprint density at radius 3 is 2.64 bits per heavy atom. The number of phenols is 1. The van der Waals surface area contributed by atoms with Gasteiger partial charge < -0.3 is 20.5 Å². The predicted octanol–water partition coefficient (Wildman–Crippen LogP) is 2.12. The van der Waals surface area contributed by atoms with E-state index in [2.05, 4.69) is 31.2 Å². The van der Waals surface area contributed by atoms with Crippen molar-refractivity contribution in [3.05, 3.63) is 40.4 Å². The number of benzene rings is 2. The Labute approximate surface area is 149 Å². The molecule has 2 aromatic carbocycles. The minimum absolute atomic E-state index is 0.0898. The van der Waals surface area contributed by atoms with Gasteiger partial charge in [0.05, 0.1) is 15.9 Å². The summed E-state index contributed by atoms with van der Waals surface area (Å²) >= 11 is 3.14. The number of halogens is 1. The highest BCUT2D eigenvalue weighted by molar-refractivity contribution is 9.10. The van der Waals surface area contributed by atoms with Crippen LogP contribution >= 0.6 is 15.9 Å². The van der Waals surface area contributed by atoms with E-state index in [1.54, 1.807) is 0 Å². The molecule has 1 heterocycles. The highest BCUT2D eigenvalue weighted by Crippen LogP contribution is 2.28. The maximum atomic E-state index is 11.5. The van der Waals surface area contributed by atoms with Crippen LogP contribution in [0.2, 0.25) is 0 Å². The number of carbonyl (C=O) groups is 1. The predicted molar refractivity (Wildman–Crippen MR) is 93.5 cm³/mol. The topological polar surface area (TPSA) is 158 Å². The smallest absolute Gasteiger partial charge is 0.339 e. The maximum Gasteiger partial charge on any atom is 0.339 e. The molecule has 3 aromatic rings. The van der Waals surface area contributed by atoms with Gasteiger partial charge in [-0.05, 0) is 46.3 Å². The number of aromatic hydroxyl groups is 1. The molecule has 130 valence electrons. The molecule has 1 aromatic heterocycles. The third-order valence-electron chi connectivity index (χ3n) is 3.33. The van der Waals surface area contributed by atoms with Gasteiger partial charge in [0.2, 0.25) is 16.0 Å². The zero-order valence-electron chi connectivity index (χ0n) is 12.3. The van der Waals surface area contributed by atoms with E-state index in [4.69, 9.17) is 10.2 Å². The van der Waals surface area contributed by atoms with Crippen LogP contribution in [0.15, 0.2) is 39.7 Å². The number of anilines is 2. The summed E-state index contributed by atoms with van der Waals surface area (Å²) < 4.78 is 23.4. The lowest BCUT2D eigenvalue weighted by atomic mass is 10.2. The number of carboxylic acid groups (broad SMARTS) is 1. The van der Waals surface area contributed by atoms with Gasteiger partial charge in [0.1, 0.15) is 11.3 Å². The number of hydrogen-bond donors (Lipinski definition) is 5. The van der Waals surface area contributed by atoms with Crippen molar-refractivity contribution in [1.29, 1.82) is 0 Å². The molecule has 0 atom stereocenters. The molecule has 3 rings (SSSR count). The first kappa shape index (κ1) is 17.2. The van der Waals surface area contributed by atoms with Crippen LogP contribution in [0, 0.1) is 0 Å². The second-order valence-corrected chi connectivity index (χ2v) is 7.48. The maximum absolute atomic E-state index is 11.5. The first-order valence-electron chi connectivity index (χ1n) is 6.70. The SMILES string of the molecule is NS(=O)(=O)c1cc2[nH]c(Nc3ccc(O)c(C(=O)O)c3)nc2cc1Br. The summed E-state index contributed by atoms with van der Waals surface area (Å²) in [5.41, 5.74) is 1.01. The van der Waals surface area contributed by atoms with E-state index >= 15 is 0 Å². The number of fused-ring (bicyclic) bond motifs is 1.